The fraction of sp³-hybridized carbons (Fsp3) is 0.0556. The van der Waals surface area contributed by atoms with E-state index >= 15 is 0 Å². The van der Waals surface area contributed by atoms with Crippen LogP contribution < -0.4 is 5.43 Å². The minimum atomic E-state index is 0.104. The van der Waals surface area contributed by atoms with Gasteiger partial charge in [-0.2, -0.15) is 0 Å². The molecule has 1 nitrogen and oxygen atoms in total. The second-order valence-electron chi connectivity index (χ2n) is 5.06. The summed E-state index contributed by atoms with van der Waals surface area (Å²) in [4.78, 5) is 12.4. The molecule has 0 bridgehead atoms. The monoisotopic (exact) mass is 244 g/mol. The number of hydrogen-bond donors (Lipinski definition) is 0. The largest absolute Gasteiger partial charge is 0.289 e. The molecule has 0 aliphatic carbocycles. The topological polar surface area (TPSA) is 17.1 Å². The van der Waals surface area contributed by atoms with E-state index in [0.717, 1.165) is 21.7 Å². The molecule has 19 heavy (non-hydrogen) atoms. The Hall–Kier alpha value is -2.41. The summed E-state index contributed by atoms with van der Waals surface area (Å²) in [7, 11) is 0. The Kier molecular flexibility index (Phi) is 1.96. The first kappa shape index (κ1) is 10.5. The molecular formula is C18H12O. The molecule has 0 radical (unpaired) electrons. The van der Waals surface area contributed by atoms with Crippen molar-refractivity contribution in [2.24, 2.45) is 0 Å². The Bertz CT molecular complexity index is 983. The van der Waals surface area contributed by atoms with Crippen LogP contribution in [0.15, 0.2) is 59.4 Å². The molecular weight excluding hydrogens is 232 g/mol. The van der Waals surface area contributed by atoms with Crippen LogP contribution >= 0.6 is 0 Å². The van der Waals surface area contributed by atoms with Crippen molar-refractivity contribution in [2.75, 3.05) is 0 Å². The molecule has 0 saturated carbocycles. The van der Waals surface area contributed by atoms with E-state index in [1.807, 2.05) is 19.1 Å². The maximum Gasteiger partial charge on any atom is 0.186 e. The van der Waals surface area contributed by atoms with Crippen molar-refractivity contribution in [2.45, 2.75) is 6.92 Å². The standard InChI is InChI=1S/C18H12O/c1-11-10-16(19)15-7-3-5-13-9-8-12-4-2-6-14(11)17(12)18(13)15/h2-10H,1H3. The second kappa shape index (κ2) is 3.55. The molecule has 0 unspecified atom stereocenters. The van der Waals surface area contributed by atoms with E-state index in [2.05, 4.69) is 36.4 Å². The zero-order valence-corrected chi connectivity index (χ0v) is 10.6. The summed E-state index contributed by atoms with van der Waals surface area (Å²) in [5.74, 6) is 0. The van der Waals surface area contributed by atoms with Crippen LogP contribution in [0.3, 0.4) is 0 Å². The van der Waals surface area contributed by atoms with Gasteiger partial charge >= 0.3 is 0 Å². The number of benzene rings is 3. The molecule has 0 heterocycles. The molecule has 0 fully saturated rings. The van der Waals surface area contributed by atoms with E-state index in [-0.39, 0.29) is 5.43 Å². The van der Waals surface area contributed by atoms with Gasteiger partial charge in [0.25, 0.3) is 0 Å². The highest BCUT2D eigenvalue weighted by atomic mass is 16.1. The molecule has 4 aromatic carbocycles. The average molecular weight is 244 g/mol. The highest BCUT2D eigenvalue weighted by molar-refractivity contribution is 6.22. The predicted octanol–water partition coefficient (Wildman–Crippen LogP) is 4.25. The van der Waals surface area contributed by atoms with Crippen LogP contribution in [0.1, 0.15) is 5.56 Å². The van der Waals surface area contributed by atoms with E-state index in [1.54, 1.807) is 6.07 Å². The Labute approximate surface area is 110 Å². The molecule has 0 aromatic heterocycles. The maximum absolute atomic E-state index is 12.4. The summed E-state index contributed by atoms with van der Waals surface area (Å²) >= 11 is 0. The Morgan fingerprint density at radius 2 is 1.32 bits per heavy atom. The molecule has 4 rings (SSSR count). The molecule has 0 saturated heterocycles. The van der Waals surface area contributed by atoms with Crippen molar-refractivity contribution in [1.82, 2.24) is 0 Å². The van der Waals surface area contributed by atoms with Crippen LogP contribution in [0.5, 0.6) is 0 Å². The van der Waals surface area contributed by atoms with Crippen LogP contribution in [0.4, 0.5) is 0 Å². The first-order chi connectivity index (χ1) is 9.25. The van der Waals surface area contributed by atoms with Gasteiger partial charge in [0.15, 0.2) is 5.43 Å². The van der Waals surface area contributed by atoms with Gasteiger partial charge < -0.3 is 0 Å². The van der Waals surface area contributed by atoms with Crippen molar-refractivity contribution in [3.05, 3.63) is 70.4 Å². The summed E-state index contributed by atoms with van der Waals surface area (Å²) < 4.78 is 0. The van der Waals surface area contributed by atoms with E-state index < -0.39 is 0 Å². The molecule has 0 aliphatic rings. The van der Waals surface area contributed by atoms with Crippen LogP contribution in [0.2, 0.25) is 0 Å². The van der Waals surface area contributed by atoms with Crippen molar-refractivity contribution < 1.29 is 0 Å². The van der Waals surface area contributed by atoms with E-state index in [4.69, 9.17) is 0 Å². The lowest BCUT2D eigenvalue weighted by Crippen LogP contribution is -1.95. The fourth-order valence-electron chi connectivity index (χ4n) is 3.04. The van der Waals surface area contributed by atoms with Crippen molar-refractivity contribution in [3.63, 3.8) is 0 Å². The Morgan fingerprint density at radius 3 is 2.00 bits per heavy atom. The average Bonchev–Trinajstić information content (AvgIpc) is 2.55. The van der Waals surface area contributed by atoms with Crippen molar-refractivity contribution >= 4 is 32.3 Å². The van der Waals surface area contributed by atoms with Crippen LogP contribution in [0.25, 0.3) is 32.3 Å². The summed E-state index contributed by atoms with van der Waals surface area (Å²) in [6.45, 7) is 2.01. The zero-order valence-electron chi connectivity index (χ0n) is 10.6. The lowest BCUT2D eigenvalue weighted by Gasteiger charge is -2.06. The van der Waals surface area contributed by atoms with Gasteiger partial charge in [0, 0.05) is 10.8 Å². The molecule has 4 aromatic rings. The first-order valence-corrected chi connectivity index (χ1v) is 6.43. The summed E-state index contributed by atoms with van der Waals surface area (Å²) in [6, 6.07) is 18.2. The summed E-state index contributed by atoms with van der Waals surface area (Å²) in [5.41, 5.74) is 1.14. The normalized spacial score (nSPS) is 11.6. The van der Waals surface area contributed by atoms with Gasteiger partial charge in [0.1, 0.15) is 0 Å². The summed E-state index contributed by atoms with van der Waals surface area (Å²) in [6.07, 6.45) is 0. The van der Waals surface area contributed by atoms with Crippen molar-refractivity contribution in [1.29, 1.82) is 0 Å². The minimum absolute atomic E-state index is 0.104. The predicted molar refractivity (Wildman–Crippen MR) is 81.2 cm³/mol. The van der Waals surface area contributed by atoms with E-state index in [1.165, 1.54) is 16.2 Å². The van der Waals surface area contributed by atoms with Gasteiger partial charge in [-0.3, -0.25) is 4.79 Å². The van der Waals surface area contributed by atoms with Gasteiger partial charge in [-0.25, -0.2) is 0 Å². The third-order valence-corrected chi connectivity index (χ3v) is 3.92. The highest BCUT2D eigenvalue weighted by Crippen LogP contribution is 2.32. The van der Waals surface area contributed by atoms with Crippen LogP contribution in [-0.4, -0.2) is 0 Å². The van der Waals surface area contributed by atoms with Gasteiger partial charge in [-0.1, -0.05) is 48.5 Å². The van der Waals surface area contributed by atoms with Gasteiger partial charge in [-0.15, -0.1) is 0 Å². The number of hydrogen-bond acceptors (Lipinski definition) is 1. The van der Waals surface area contributed by atoms with E-state index in [9.17, 15) is 4.79 Å². The van der Waals surface area contributed by atoms with Crippen molar-refractivity contribution in [3.8, 4) is 0 Å². The molecule has 0 atom stereocenters. The van der Waals surface area contributed by atoms with Gasteiger partial charge in [-0.05, 0) is 40.1 Å². The number of rotatable bonds is 0. The maximum atomic E-state index is 12.4. The quantitative estimate of drug-likeness (QED) is 0.422. The van der Waals surface area contributed by atoms with Crippen LogP contribution in [0, 0.1) is 6.92 Å². The van der Waals surface area contributed by atoms with Gasteiger partial charge in [0.05, 0.1) is 0 Å². The molecule has 0 N–H and O–H groups in total. The molecule has 0 aliphatic heterocycles. The third-order valence-electron chi connectivity index (χ3n) is 3.92. The lowest BCUT2D eigenvalue weighted by molar-refractivity contribution is 1.53. The lowest BCUT2D eigenvalue weighted by atomic mass is 9.97. The second-order valence-corrected chi connectivity index (χ2v) is 5.06. The Balaban J connectivity index is 2.58. The highest BCUT2D eigenvalue weighted by Gasteiger charge is 2.09. The van der Waals surface area contributed by atoms with E-state index in [0.29, 0.717) is 0 Å². The number of aryl methyl sites for hydroxylation is 1. The Morgan fingerprint density at radius 1 is 0.737 bits per heavy atom. The molecule has 0 spiro atoms. The molecule has 0 amide bonds. The summed E-state index contributed by atoms with van der Waals surface area (Å²) in [5, 5.41) is 6.60. The molecule has 1 heteroatoms. The SMILES string of the molecule is Cc1cc(=O)c2cccc3ccc4cccc1c4c32. The van der Waals surface area contributed by atoms with Crippen LogP contribution in [-0.2, 0) is 0 Å². The fourth-order valence-corrected chi connectivity index (χ4v) is 3.04. The minimum Gasteiger partial charge on any atom is -0.289 e. The third kappa shape index (κ3) is 1.33. The first-order valence-electron chi connectivity index (χ1n) is 6.43. The van der Waals surface area contributed by atoms with Gasteiger partial charge in [0.2, 0.25) is 0 Å². The smallest absolute Gasteiger partial charge is 0.186 e. The molecule has 90 valence electrons. The zero-order chi connectivity index (χ0) is 13.0.